The molecule has 0 spiro atoms. The fourth-order valence-corrected chi connectivity index (χ4v) is 1.93. The fraction of sp³-hybridized carbons (Fsp3) is 0.500. The lowest BCUT2D eigenvalue weighted by molar-refractivity contribution is 0.206. The van der Waals surface area contributed by atoms with E-state index in [0.29, 0.717) is 0 Å². The van der Waals surface area contributed by atoms with Crippen molar-refractivity contribution in [2.24, 2.45) is 0 Å². The van der Waals surface area contributed by atoms with Gasteiger partial charge in [0.05, 0.1) is 6.61 Å². The minimum Gasteiger partial charge on any atom is -0.383 e. The molecule has 1 aromatic rings. The second kappa shape index (κ2) is 6.89. The molecule has 0 bridgehead atoms. The number of rotatable bonds is 6. The number of nitrogens with zero attached hydrogens (tertiary/aromatic N) is 1. The molecule has 0 saturated carbocycles. The molecule has 0 radical (unpaired) electrons. The van der Waals surface area contributed by atoms with Crippen LogP contribution in [0.3, 0.4) is 0 Å². The standard InChI is InChI=1S/C12H19BrN2O/c1-14-9-10-4-5-11(13)8-12(10)15(2)6-7-16-3/h4-5,8,14H,6-7,9H2,1-3H3. The van der Waals surface area contributed by atoms with Crippen LogP contribution in [0, 0.1) is 0 Å². The molecule has 0 unspecified atom stereocenters. The van der Waals surface area contributed by atoms with Gasteiger partial charge in [0.15, 0.2) is 0 Å². The molecule has 0 atom stereocenters. The van der Waals surface area contributed by atoms with Crippen LogP contribution in [0.4, 0.5) is 5.69 Å². The summed E-state index contributed by atoms with van der Waals surface area (Å²) in [5, 5.41) is 3.18. The second-order valence-electron chi connectivity index (χ2n) is 3.72. The largest absolute Gasteiger partial charge is 0.383 e. The summed E-state index contributed by atoms with van der Waals surface area (Å²) in [4.78, 5) is 2.21. The zero-order chi connectivity index (χ0) is 12.0. The maximum Gasteiger partial charge on any atom is 0.0637 e. The van der Waals surface area contributed by atoms with Gasteiger partial charge >= 0.3 is 0 Å². The van der Waals surface area contributed by atoms with Crippen LogP contribution in [0.5, 0.6) is 0 Å². The van der Waals surface area contributed by atoms with E-state index in [2.05, 4.69) is 51.4 Å². The Kier molecular flexibility index (Phi) is 5.80. The van der Waals surface area contributed by atoms with Gasteiger partial charge in [0.2, 0.25) is 0 Å². The monoisotopic (exact) mass is 286 g/mol. The fourth-order valence-electron chi connectivity index (χ4n) is 1.58. The number of methoxy groups -OCH3 is 1. The Morgan fingerprint density at radius 2 is 2.19 bits per heavy atom. The van der Waals surface area contributed by atoms with Crippen molar-refractivity contribution in [2.75, 3.05) is 39.3 Å². The number of hydrogen-bond acceptors (Lipinski definition) is 3. The van der Waals surface area contributed by atoms with E-state index in [1.54, 1.807) is 7.11 Å². The van der Waals surface area contributed by atoms with Crippen molar-refractivity contribution in [1.82, 2.24) is 5.32 Å². The van der Waals surface area contributed by atoms with Crippen molar-refractivity contribution in [2.45, 2.75) is 6.54 Å². The SMILES string of the molecule is CNCc1ccc(Br)cc1N(C)CCOC. The molecule has 90 valence electrons. The highest BCUT2D eigenvalue weighted by molar-refractivity contribution is 9.10. The highest BCUT2D eigenvalue weighted by Crippen LogP contribution is 2.24. The van der Waals surface area contributed by atoms with Gasteiger partial charge in [0, 0.05) is 37.4 Å². The third-order valence-electron chi connectivity index (χ3n) is 2.46. The van der Waals surface area contributed by atoms with Gasteiger partial charge in [-0.25, -0.2) is 0 Å². The van der Waals surface area contributed by atoms with Crippen molar-refractivity contribution in [3.05, 3.63) is 28.2 Å². The van der Waals surface area contributed by atoms with E-state index >= 15 is 0 Å². The summed E-state index contributed by atoms with van der Waals surface area (Å²) in [6.07, 6.45) is 0. The summed E-state index contributed by atoms with van der Waals surface area (Å²) in [6.45, 7) is 2.51. The molecule has 16 heavy (non-hydrogen) atoms. The van der Waals surface area contributed by atoms with E-state index in [-0.39, 0.29) is 0 Å². The van der Waals surface area contributed by atoms with Gasteiger partial charge in [-0.2, -0.15) is 0 Å². The first kappa shape index (κ1) is 13.5. The first-order valence-corrected chi connectivity index (χ1v) is 6.11. The van der Waals surface area contributed by atoms with E-state index in [9.17, 15) is 0 Å². The van der Waals surface area contributed by atoms with Crippen LogP contribution >= 0.6 is 15.9 Å². The Labute approximate surface area is 106 Å². The molecule has 1 rings (SSSR count). The predicted molar refractivity (Wildman–Crippen MR) is 72.1 cm³/mol. The van der Waals surface area contributed by atoms with Crippen LogP contribution in [0.25, 0.3) is 0 Å². The normalized spacial score (nSPS) is 10.5. The van der Waals surface area contributed by atoms with E-state index in [0.717, 1.165) is 24.2 Å². The summed E-state index contributed by atoms with van der Waals surface area (Å²) in [5.41, 5.74) is 2.53. The average molecular weight is 287 g/mol. The van der Waals surface area contributed by atoms with Crippen LogP contribution in [0.1, 0.15) is 5.56 Å². The summed E-state index contributed by atoms with van der Waals surface area (Å²) in [5.74, 6) is 0. The molecule has 0 aliphatic carbocycles. The number of nitrogens with one attached hydrogen (secondary N) is 1. The van der Waals surface area contributed by atoms with E-state index in [1.807, 2.05) is 7.05 Å². The lowest BCUT2D eigenvalue weighted by atomic mass is 10.1. The smallest absolute Gasteiger partial charge is 0.0637 e. The van der Waals surface area contributed by atoms with Crippen LogP contribution in [0.15, 0.2) is 22.7 Å². The van der Waals surface area contributed by atoms with Crippen LogP contribution in [-0.2, 0) is 11.3 Å². The van der Waals surface area contributed by atoms with Crippen molar-refractivity contribution in [3.8, 4) is 0 Å². The Hall–Kier alpha value is -0.580. The summed E-state index contributed by atoms with van der Waals surface area (Å²) < 4.78 is 6.20. The number of hydrogen-bond donors (Lipinski definition) is 1. The number of benzene rings is 1. The summed E-state index contributed by atoms with van der Waals surface area (Å²) >= 11 is 3.51. The maximum atomic E-state index is 5.10. The third kappa shape index (κ3) is 3.77. The molecule has 0 amide bonds. The Morgan fingerprint density at radius 3 is 2.81 bits per heavy atom. The number of ether oxygens (including phenoxy) is 1. The topological polar surface area (TPSA) is 24.5 Å². The molecule has 0 fully saturated rings. The molecule has 1 aromatic carbocycles. The third-order valence-corrected chi connectivity index (χ3v) is 2.95. The van der Waals surface area contributed by atoms with Crippen molar-refractivity contribution in [1.29, 1.82) is 0 Å². The van der Waals surface area contributed by atoms with Crippen LogP contribution < -0.4 is 10.2 Å². The van der Waals surface area contributed by atoms with Crippen molar-refractivity contribution in [3.63, 3.8) is 0 Å². The molecule has 0 aromatic heterocycles. The number of anilines is 1. The molecule has 0 aliphatic heterocycles. The molecule has 4 heteroatoms. The minimum atomic E-state index is 0.738. The predicted octanol–water partition coefficient (Wildman–Crippen LogP) is 2.25. The van der Waals surface area contributed by atoms with Gasteiger partial charge in [-0.3, -0.25) is 0 Å². The molecule has 0 heterocycles. The Balaban J connectivity index is 2.85. The highest BCUT2D eigenvalue weighted by Gasteiger charge is 2.07. The average Bonchev–Trinajstić information content (AvgIpc) is 2.28. The molecule has 3 nitrogen and oxygen atoms in total. The van der Waals surface area contributed by atoms with Crippen LogP contribution in [0.2, 0.25) is 0 Å². The van der Waals surface area contributed by atoms with Crippen molar-refractivity contribution < 1.29 is 4.74 Å². The molecular weight excluding hydrogens is 268 g/mol. The van der Waals surface area contributed by atoms with Gasteiger partial charge in [-0.15, -0.1) is 0 Å². The molecule has 0 saturated heterocycles. The molecule has 1 N–H and O–H groups in total. The van der Waals surface area contributed by atoms with Crippen molar-refractivity contribution >= 4 is 21.6 Å². The molecule has 0 aliphatic rings. The van der Waals surface area contributed by atoms with E-state index in [1.165, 1.54) is 11.3 Å². The summed E-state index contributed by atoms with van der Waals surface area (Å²) in [7, 11) is 5.77. The van der Waals surface area contributed by atoms with Crippen LogP contribution in [-0.4, -0.2) is 34.4 Å². The summed E-state index contributed by atoms with van der Waals surface area (Å²) in [6, 6.07) is 6.35. The van der Waals surface area contributed by atoms with E-state index < -0.39 is 0 Å². The Bertz CT molecular complexity index is 331. The van der Waals surface area contributed by atoms with Gasteiger partial charge in [-0.1, -0.05) is 22.0 Å². The zero-order valence-corrected chi connectivity index (χ0v) is 11.7. The minimum absolute atomic E-state index is 0.738. The maximum absolute atomic E-state index is 5.10. The van der Waals surface area contributed by atoms with Gasteiger partial charge in [0.1, 0.15) is 0 Å². The highest BCUT2D eigenvalue weighted by atomic mass is 79.9. The van der Waals surface area contributed by atoms with Gasteiger partial charge in [-0.05, 0) is 24.7 Å². The quantitative estimate of drug-likeness (QED) is 0.868. The first-order chi connectivity index (χ1) is 7.69. The van der Waals surface area contributed by atoms with Gasteiger partial charge in [0.25, 0.3) is 0 Å². The Morgan fingerprint density at radius 1 is 1.44 bits per heavy atom. The lowest BCUT2D eigenvalue weighted by Crippen LogP contribution is -2.24. The lowest BCUT2D eigenvalue weighted by Gasteiger charge is -2.22. The van der Waals surface area contributed by atoms with E-state index in [4.69, 9.17) is 4.74 Å². The zero-order valence-electron chi connectivity index (χ0n) is 10.1. The van der Waals surface area contributed by atoms with Gasteiger partial charge < -0.3 is 15.0 Å². The first-order valence-electron chi connectivity index (χ1n) is 5.32. The second-order valence-corrected chi connectivity index (χ2v) is 4.63. The molecular formula is C12H19BrN2O. The number of likely N-dealkylation sites (N-methyl/N-ethyl adjacent to an activating group) is 1. The number of halogens is 1.